The van der Waals surface area contributed by atoms with Gasteiger partial charge in [0.15, 0.2) is 5.69 Å². The third kappa shape index (κ3) is 2.47. The van der Waals surface area contributed by atoms with Crippen molar-refractivity contribution in [3.63, 3.8) is 0 Å². The second-order valence-corrected chi connectivity index (χ2v) is 6.74. The van der Waals surface area contributed by atoms with E-state index in [1.807, 2.05) is 26.0 Å². The highest BCUT2D eigenvalue weighted by Crippen LogP contribution is 2.40. The average molecular weight is 347 g/mol. The van der Waals surface area contributed by atoms with E-state index in [0.29, 0.717) is 28.5 Å². The molecule has 0 saturated heterocycles. The SMILES string of the molecule is Cc1nn(C(C)C)c2c1N(C(=O)C(C)Cl)c1ccccc1NC2=O. The Morgan fingerprint density at radius 2 is 1.92 bits per heavy atom. The van der Waals surface area contributed by atoms with E-state index in [0.717, 1.165) is 0 Å². The van der Waals surface area contributed by atoms with Crippen LogP contribution in [0.2, 0.25) is 0 Å². The first-order valence-corrected chi connectivity index (χ1v) is 8.24. The summed E-state index contributed by atoms with van der Waals surface area (Å²) in [7, 11) is 0. The van der Waals surface area contributed by atoms with Crippen molar-refractivity contribution in [2.75, 3.05) is 10.2 Å². The quantitative estimate of drug-likeness (QED) is 0.844. The number of rotatable bonds is 2. The number of nitrogens with one attached hydrogen (secondary N) is 1. The number of hydrogen-bond donors (Lipinski definition) is 1. The summed E-state index contributed by atoms with van der Waals surface area (Å²) >= 11 is 6.08. The van der Waals surface area contributed by atoms with Gasteiger partial charge in [0.25, 0.3) is 5.91 Å². The summed E-state index contributed by atoms with van der Waals surface area (Å²) < 4.78 is 1.64. The van der Waals surface area contributed by atoms with Crippen LogP contribution in [0.5, 0.6) is 0 Å². The summed E-state index contributed by atoms with van der Waals surface area (Å²) in [6, 6.07) is 7.15. The number of amides is 2. The van der Waals surface area contributed by atoms with Crippen molar-refractivity contribution in [3.05, 3.63) is 35.7 Å². The third-order valence-corrected chi connectivity index (χ3v) is 4.12. The number of aryl methyl sites for hydroxylation is 1. The van der Waals surface area contributed by atoms with Gasteiger partial charge in [-0.15, -0.1) is 11.6 Å². The normalized spacial score (nSPS) is 14.8. The molecule has 0 spiro atoms. The van der Waals surface area contributed by atoms with Gasteiger partial charge in [-0.1, -0.05) is 12.1 Å². The van der Waals surface area contributed by atoms with Gasteiger partial charge >= 0.3 is 0 Å². The van der Waals surface area contributed by atoms with Gasteiger partial charge in [0.2, 0.25) is 5.91 Å². The van der Waals surface area contributed by atoms with Crippen LogP contribution in [0.25, 0.3) is 0 Å². The Bertz CT molecular complexity index is 826. The number of hydrogen-bond acceptors (Lipinski definition) is 3. The molecule has 126 valence electrons. The van der Waals surface area contributed by atoms with Crippen LogP contribution in [-0.2, 0) is 4.79 Å². The van der Waals surface area contributed by atoms with Crippen LogP contribution in [0.1, 0.15) is 43.0 Å². The lowest BCUT2D eigenvalue weighted by Crippen LogP contribution is -2.32. The largest absolute Gasteiger partial charge is 0.319 e. The molecule has 1 N–H and O–H groups in total. The fourth-order valence-electron chi connectivity index (χ4n) is 2.87. The molecule has 24 heavy (non-hydrogen) atoms. The molecule has 1 aliphatic heterocycles. The summed E-state index contributed by atoms with van der Waals surface area (Å²) in [5.41, 5.74) is 2.62. The number of carbonyl (C=O) groups excluding carboxylic acids is 2. The summed E-state index contributed by atoms with van der Waals surface area (Å²) in [4.78, 5) is 27.1. The van der Waals surface area contributed by atoms with Crippen molar-refractivity contribution >= 4 is 40.5 Å². The monoisotopic (exact) mass is 346 g/mol. The number of halogens is 1. The zero-order chi connectivity index (χ0) is 17.6. The molecule has 1 aliphatic rings. The zero-order valence-corrected chi connectivity index (χ0v) is 14.8. The van der Waals surface area contributed by atoms with Crippen molar-refractivity contribution in [1.82, 2.24) is 9.78 Å². The minimum Gasteiger partial charge on any atom is -0.319 e. The highest BCUT2D eigenvalue weighted by molar-refractivity contribution is 6.34. The molecule has 7 heteroatoms. The Balaban J connectivity index is 2.35. The van der Waals surface area contributed by atoms with Crippen LogP contribution in [0.15, 0.2) is 24.3 Å². The maximum absolute atomic E-state index is 12.8. The van der Waals surface area contributed by atoms with Gasteiger partial charge in [-0.3, -0.25) is 19.2 Å². The molecule has 6 nitrogen and oxygen atoms in total. The first kappa shape index (κ1) is 16.5. The average Bonchev–Trinajstić information content (AvgIpc) is 2.80. The predicted molar refractivity (Wildman–Crippen MR) is 94.2 cm³/mol. The molecular weight excluding hydrogens is 328 g/mol. The number of carbonyl (C=O) groups is 2. The lowest BCUT2D eigenvalue weighted by Gasteiger charge is -2.24. The van der Waals surface area contributed by atoms with Crippen LogP contribution < -0.4 is 10.2 Å². The van der Waals surface area contributed by atoms with Gasteiger partial charge in [0.05, 0.1) is 17.1 Å². The van der Waals surface area contributed by atoms with E-state index in [2.05, 4.69) is 10.4 Å². The Kier molecular flexibility index (Phi) is 4.09. The fraction of sp³-hybridized carbons (Fsp3) is 0.353. The molecule has 1 unspecified atom stereocenters. The predicted octanol–water partition coefficient (Wildman–Crippen LogP) is 3.63. The molecule has 2 heterocycles. The molecule has 0 radical (unpaired) electrons. The lowest BCUT2D eigenvalue weighted by molar-refractivity contribution is -0.117. The van der Waals surface area contributed by atoms with Crippen LogP contribution in [0, 0.1) is 6.92 Å². The maximum Gasteiger partial charge on any atom is 0.276 e. The molecule has 0 bridgehead atoms. The van der Waals surface area contributed by atoms with Gasteiger partial charge < -0.3 is 5.32 Å². The van der Waals surface area contributed by atoms with E-state index in [9.17, 15) is 9.59 Å². The molecule has 1 aromatic carbocycles. The minimum atomic E-state index is -0.735. The molecule has 2 amide bonds. The van der Waals surface area contributed by atoms with E-state index in [1.165, 1.54) is 4.90 Å². The fourth-order valence-corrected chi connectivity index (χ4v) is 2.97. The second-order valence-electron chi connectivity index (χ2n) is 6.08. The molecule has 2 aromatic rings. The van der Waals surface area contributed by atoms with Crippen molar-refractivity contribution in [3.8, 4) is 0 Å². The Labute approximate surface area is 145 Å². The molecule has 1 aromatic heterocycles. The number of alkyl halides is 1. The summed E-state index contributed by atoms with van der Waals surface area (Å²) in [5.74, 6) is -0.586. The standard InChI is InChI=1S/C17H19ClN4O2/c1-9(2)22-15-14(11(4)20-22)21(17(24)10(3)18)13-8-6-5-7-12(13)19-16(15)23/h5-10H,1-4H3,(H,19,23). The van der Waals surface area contributed by atoms with Gasteiger partial charge in [0.1, 0.15) is 11.1 Å². The van der Waals surface area contributed by atoms with Gasteiger partial charge in [-0.2, -0.15) is 5.10 Å². The van der Waals surface area contributed by atoms with Crippen molar-refractivity contribution in [2.45, 2.75) is 39.1 Å². The third-order valence-electron chi connectivity index (χ3n) is 3.94. The van der Waals surface area contributed by atoms with Gasteiger partial charge in [-0.25, -0.2) is 0 Å². The summed E-state index contributed by atoms with van der Waals surface area (Å²) in [6.07, 6.45) is 0. The van der Waals surface area contributed by atoms with Crippen molar-refractivity contribution in [1.29, 1.82) is 0 Å². The van der Waals surface area contributed by atoms with Crippen LogP contribution >= 0.6 is 11.6 Å². The highest BCUT2D eigenvalue weighted by atomic mass is 35.5. The number of nitrogens with zero attached hydrogens (tertiary/aromatic N) is 3. The Hall–Kier alpha value is -2.34. The number of anilines is 3. The number of aromatic nitrogens is 2. The molecule has 1 atom stereocenters. The minimum absolute atomic E-state index is 0.0233. The van der Waals surface area contributed by atoms with Gasteiger partial charge in [-0.05, 0) is 39.8 Å². The molecular formula is C17H19ClN4O2. The maximum atomic E-state index is 12.8. The molecule has 0 fully saturated rings. The van der Waals surface area contributed by atoms with Crippen molar-refractivity contribution < 1.29 is 9.59 Å². The second kappa shape index (κ2) is 5.94. The molecule has 0 saturated carbocycles. The lowest BCUT2D eigenvalue weighted by atomic mass is 10.2. The topological polar surface area (TPSA) is 67.2 Å². The number of para-hydroxylation sites is 2. The zero-order valence-electron chi connectivity index (χ0n) is 14.0. The summed E-state index contributed by atoms with van der Waals surface area (Å²) in [5, 5.41) is 6.61. The number of benzene rings is 1. The van der Waals surface area contributed by atoms with Crippen molar-refractivity contribution in [2.24, 2.45) is 0 Å². The van der Waals surface area contributed by atoms with Crippen LogP contribution in [0.3, 0.4) is 0 Å². The van der Waals surface area contributed by atoms with Crippen LogP contribution in [0.4, 0.5) is 17.1 Å². The van der Waals surface area contributed by atoms with E-state index < -0.39 is 5.38 Å². The van der Waals surface area contributed by atoms with Crippen LogP contribution in [-0.4, -0.2) is 27.0 Å². The van der Waals surface area contributed by atoms with Gasteiger partial charge in [0, 0.05) is 6.04 Å². The molecule has 3 rings (SSSR count). The number of fused-ring (bicyclic) bond motifs is 2. The smallest absolute Gasteiger partial charge is 0.276 e. The summed E-state index contributed by atoms with van der Waals surface area (Å²) in [6.45, 7) is 7.29. The molecule has 0 aliphatic carbocycles. The Morgan fingerprint density at radius 1 is 1.25 bits per heavy atom. The first-order chi connectivity index (χ1) is 11.3. The van der Waals surface area contributed by atoms with E-state index in [1.54, 1.807) is 30.7 Å². The Morgan fingerprint density at radius 3 is 2.54 bits per heavy atom. The van der Waals surface area contributed by atoms with E-state index >= 15 is 0 Å². The first-order valence-electron chi connectivity index (χ1n) is 7.80. The van der Waals surface area contributed by atoms with E-state index in [-0.39, 0.29) is 17.9 Å². The highest BCUT2D eigenvalue weighted by Gasteiger charge is 2.36. The van der Waals surface area contributed by atoms with E-state index in [4.69, 9.17) is 11.6 Å².